The third-order valence-electron chi connectivity index (χ3n) is 7.71. The largest absolute Gasteiger partial charge is 0.497 e. The summed E-state index contributed by atoms with van der Waals surface area (Å²) in [5, 5.41) is 2.94. The van der Waals surface area contributed by atoms with E-state index in [0.29, 0.717) is 40.3 Å². The molecular weight excluding hydrogens is 556 g/mol. The second-order valence-electron chi connectivity index (χ2n) is 10.7. The van der Waals surface area contributed by atoms with E-state index in [9.17, 15) is 9.59 Å². The van der Waals surface area contributed by atoms with Crippen LogP contribution in [0.1, 0.15) is 45.8 Å². The maximum atomic E-state index is 13.2. The Balaban J connectivity index is 2.77. The smallest absolute Gasteiger partial charge is 0.405 e. The molecule has 11 nitrogen and oxygen atoms in total. The molecule has 7 atom stereocenters. The van der Waals surface area contributed by atoms with Gasteiger partial charge in [0.15, 0.2) is 6.10 Å². The summed E-state index contributed by atoms with van der Waals surface area (Å²) in [6, 6.07) is 3.55. The summed E-state index contributed by atoms with van der Waals surface area (Å²) in [6.45, 7) is 7.57. The van der Waals surface area contributed by atoms with Gasteiger partial charge in [-0.3, -0.25) is 4.79 Å². The Hall–Kier alpha value is -3.38. The molecule has 2 rings (SSSR count). The molecule has 11 heteroatoms. The summed E-state index contributed by atoms with van der Waals surface area (Å²) in [5.41, 5.74) is 7.70. The number of nitrogens with two attached hydrogens (primary N) is 1. The number of anilines is 1. The highest BCUT2D eigenvalue weighted by molar-refractivity contribution is 6.04. The highest BCUT2D eigenvalue weighted by Gasteiger charge is 2.34. The lowest BCUT2D eigenvalue weighted by Gasteiger charge is -2.34. The van der Waals surface area contributed by atoms with Crippen molar-refractivity contribution in [3.05, 3.63) is 53.1 Å². The molecule has 3 N–H and O–H groups in total. The number of methoxy groups -OCH3 is 6. The molecule has 2 amide bonds. The van der Waals surface area contributed by atoms with E-state index in [1.165, 1.54) is 7.11 Å². The highest BCUT2D eigenvalue weighted by Crippen LogP contribution is 2.42. The fraction of sp³-hybridized carbons (Fsp3) is 0.562. The van der Waals surface area contributed by atoms with E-state index in [2.05, 4.69) is 12.2 Å². The normalized spacial score (nSPS) is 27.5. The molecule has 0 spiro atoms. The van der Waals surface area contributed by atoms with Crippen LogP contribution in [0, 0.1) is 11.8 Å². The lowest BCUT2D eigenvalue weighted by atomic mass is 9.86. The Labute approximate surface area is 255 Å². The van der Waals surface area contributed by atoms with E-state index >= 15 is 0 Å². The summed E-state index contributed by atoms with van der Waals surface area (Å²) in [7, 11) is 9.51. The molecule has 2 bridgehead atoms. The van der Waals surface area contributed by atoms with Gasteiger partial charge in [-0.05, 0) is 37.8 Å². The van der Waals surface area contributed by atoms with Crippen LogP contribution in [0.4, 0.5) is 10.5 Å². The molecule has 1 aromatic carbocycles. The van der Waals surface area contributed by atoms with Crippen LogP contribution in [0.25, 0.3) is 0 Å². The molecule has 43 heavy (non-hydrogen) atoms. The van der Waals surface area contributed by atoms with Crippen molar-refractivity contribution >= 4 is 17.7 Å². The van der Waals surface area contributed by atoms with Gasteiger partial charge in [-0.25, -0.2) is 4.79 Å². The standard InChI is InChI=1S/C32H48N2O9/c1-18-12-11-13-25(38-6)29(43-32(33)36)20(3)14-19(2)28(41-9)26(39-7)15-21(4)27(40-8)23-16-22(37-5)17-24(30(23)42-10)34-31(18)35/h11-14,16-17,19,21,25-29H,15H2,1-10H3,(H2,33,36)(H,34,35). The van der Waals surface area contributed by atoms with Crippen molar-refractivity contribution in [1.82, 2.24) is 0 Å². The van der Waals surface area contributed by atoms with Crippen LogP contribution in [0.2, 0.25) is 0 Å². The number of amides is 2. The molecule has 0 radical (unpaired) electrons. The summed E-state index contributed by atoms with van der Waals surface area (Å²) < 4.78 is 40.5. The van der Waals surface area contributed by atoms with Crippen molar-refractivity contribution < 1.29 is 42.7 Å². The second-order valence-corrected chi connectivity index (χ2v) is 10.7. The zero-order valence-corrected chi connectivity index (χ0v) is 27.0. The van der Waals surface area contributed by atoms with Crippen molar-refractivity contribution in [3.8, 4) is 11.5 Å². The van der Waals surface area contributed by atoms with Crippen LogP contribution < -0.4 is 20.5 Å². The lowest BCUT2D eigenvalue weighted by molar-refractivity contribution is -0.112. The molecule has 1 aromatic rings. The van der Waals surface area contributed by atoms with Crippen LogP contribution in [-0.2, 0) is 28.5 Å². The van der Waals surface area contributed by atoms with Gasteiger partial charge in [-0.2, -0.15) is 0 Å². The van der Waals surface area contributed by atoms with Gasteiger partial charge in [-0.15, -0.1) is 0 Å². The third-order valence-corrected chi connectivity index (χ3v) is 7.71. The zero-order valence-electron chi connectivity index (χ0n) is 27.0. The first-order chi connectivity index (χ1) is 20.4. The summed E-state index contributed by atoms with van der Waals surface area (Å²) >= 11 is 0. The zero-order chi connectivity index (χ0) is 32.3. The van der Waals surface area contributed by atoms with Crippen molar-refractivity contribution in [1.29, 1.82) is 0 Å². The first-order valence-corrected chi connectivity index (χ1v) is 14.1. The van der Waals surface area contributed by atoms with Gasteiger partial charge in [0.05, 0.1) is 38.2 Å². The number of benzene rings is 1. The average Bonchev–Trinajstić information content (AvgIpc) is 2.97. The number of nitrogens with one attached hydrogen (secondary N) is 1. The van der Waals surface area contributed by atoms with Gasteiger partial charge in [0.25, 0.3) is 5.91 Å². The fourth-order valence-electron chi connectivity index (χ4n) is 5.56. The highest BCUT2D eigenvalue weighted by atomic mass is 16.6. The van der Waals surface area contributed by atoms with Gasteiger partial charge < -0.3 is 44.2 Å². The SMILES string of the molecule is COc1cc2c(OC)c(c1)C(OC)C(C)CC(OC)C(OC)C(C)C=C(C)C(OC(N)=O)C(OC)C=CC=C(C)C(=O)N2. The molecule has 0 aliphatic carbocycles. The molecule has 7 unspecified atom stereocenters. The van der Waals surface area contributed by atoms with Crippen LogP contribution in [0.5, 0.6) is 11.5 Å². The molecular formula is C32H48N2O9. The van der Waals surface area contributed by atoms with E-state index in [0.717, 1.165) is 0 Å². The second kappa shape index (κ2) is 17.0. The number of hydrogen-bond acceptors (Lipinski definition) is 9. The Kier molecular flexibility index (Phi) is 14.2. The lowest BCUT2D eigenvalue weighted by Crippen LogP contribution is -2.38. The number of hydrogen-bond donors (Lipinski definition) is 2. The molecule has 1 aliphatic rings. The van der Waals surface area contributed by atoms with Crippen LogP contribution >= 0.6 is 0 Å². The van der Waals surface area contributed by atoms with E-state index in [-0.39, 0.29) is 30.0 Å². The maximum Gasteiger partial charge on any atom is 0.405 e. The van der Waals surface area contributed by atoms with E-state index in [1.807, 2.05) is 26.0 Å². The van der Waals surface area contributed by atoms with Crippen LogP contribution in [0.15, 0.2) is 47.6 Å². The quantitative estimate of drug-likeness (QED) is 0.414. The first kappa shape index (κ1) is 35.8. The Bertz CT molecular complexity index is 1180. The van der Waals surface area contributed by atoms with Gasteiger partial charge in [0, 0.05) is 51.6 Å². The maximum absolute atomic E-state index is 13.2. The van der Waals surface area contributed by atoms with Crippen molar-refractivity contribution in [2.75, 3.05) is 48.0 Å². The van der Waals surface area contributed by atoms with Crippen molar-refractivity contribution in [2.24, 2.45) is 17.6 Å². The van der Waals surface area contributed by atoms with Gasteiger partial charge in [-0.1, -0.05) is 38.2 Å². The number of carbonyl (C=O) groups is 2. The Morgan fingerprint density at radius 1 is 0.930 bits per heavy atom. The van der Waals surface area contributed by atoms with E-state index in [4.69, 9.17) is 38.9 Å². The van der Waals surface area contributed by atoms with E-state index < -0.39 is 24.4 Å². The number of fused-ring (bicyclic) bond motifs is 2. The van der Waals surface area contributed by atoms with Gasteiger partial charge in [0.1, 0.15) is 17.6 Å². The number of rotatable bonds is 7. The van der Waals surface area contributed by atoms with Crippen LogP contribution in [-0.4, -0.2) is 79.1 Å². The Morgan fingerprint density at radius 3 is 2.16 bits per heavy atom. The average molecular weight is 605 g/mol. The van der Waals surface area contributed by atoms with E-state index in [1.54, 1.807) is 66.8 Å². The first-order valence-electron chi connectivity index (χ1n) is 14.1. The number of allylic oxidation sites excluding steroid dienone is 2. The van der Waals surface area contributed by atoms with Gasteiger partial charge >= 0.3 is 6.09 Å². The van der Waals surface area contributed by atoms with Crippen molar-refractivity contribution in [2.45, 2.75) is 64.6 Å². The summed E-state index contributed by atoms with van der Waals surface area (Å²) in [4.78, 5) is 25.1. The minimum absolute atomic E-state index is 0.0915. The third kappa shape index (κ3) is 9.30. The number of ether oxygens (including phenoxy) is 7. The summed E-state index contributed by atoms with van der Waals surface area (Å²) in [5.74, 6) is 0.389. The monoisotopic (exact) mass is 604 g/mol. The van der Waals surface area contributed by atoms with Crippen molar-refractivity contribution in [3.63, 3.8) is 0 Å². The molecule has 0 saturated carbocycles. The minimum atomic E-state index is -0.936. The molecule has 240 valence electrons. The molecule has 1 heterocycles. The summed E-state index contributed by atoms with van der Waals surface area (Å²) in [6.07, 6.45) is 3.93. The molecule has 1 aliphatic heterocycles. The topological polar surface area (TPSA) is 137 Å². The van der Waals surface area contributed by atoms with Gasteiger partial charge in [0.2, 0.25) is 0 Å². The minimum Gasteiger partial charge on any atom is -0.497 e. The fourth-order valence-corrected chi connectivity index (χ4v) is 5.56. The predicted octanol–water partition coefficient (Wildman–Crippen LogP) is 4.96. The van der Waals surface area contributed by atoms with Crippen LogP contribution in [0.3, 0.4) is 0 Å². The predicted molar refractivity (Wildman–Crippen MR) is 164 cm³/mol. The number of carbonyl (C=O) groups excluding carboxylic acids is 2. The molecule has 0 fully saturated rings. The molecule has 0 aromatic heterocycles. The molecule has 0 saturated heterocycles. The Morgan fingerprint density at radius 2 is 1.63 bits per heavy atom. The number of primary amides is 1.